The number of piperazine rings is 1. The number of ether oxygens (including phenoxy) is 1. The molecule has 0 spiro atoms. The summed E-state index contributed by atoms with van der Waals surface area (Å²) in [5.74, 6) is 0.377. The molecule has 37 heavy (non-hydrogen) atoms. The third-order valence-electron chi connectivity index (χ3n) is 6.93. The van der Waals surface area contributed by atoms with Crippen LogP contribution >= 0.6 is 24.0 Å². The fraction of sp³-hybridized carbons (Fsp3) is 0.393. The van der Waals surface area contributed by atoms with Gasteiger partial charge in [-0.2, -0.15) is 0 Å². The molecular formula is C28H32N4O3S2. The van der Waals surface area contributed by atoms with Gasteiger partial charge in [0, 0.05) is 32.7 Å². The molecule has 0 radical (unpaired) electrons. The van der Waals surface area contributed by atoms with Gasteiger partial charge in [-0.05, 0) is 47.9 Å². The lowest BCUT2D eigenvalue weighted by atomic mass is 10.1. The van der Waals surface area contributed by atoms with Crippen molar-refractivity contribution in [1.82, 2.24) is 15.1 Å². The quantitative estimate of drug-likeness (QED) is 0.404. The Morgan fingerprint density at radius 2 is 1.70 bits per heavy atom. The Morgan fingerprint density at radius 3 is 2.38 bits per heavy atom. The molecule has 0 aromatic heterocycles. The van der Waals surface area contributed by atoms with E-state index < -0.39 is 0 Å². The third kappa shape index (κ3) is 6.41. The zero-order valence-electron chi connectivity index (χ0n) is 21.1. The Kier molecular flexibility index (Phi) is 8.24. The van der Waals surface area contributed by atoms with E-state index in [1.54, 1.807) is 11.0 Å². The Bertz CT molecular complexity index is 1210. The fourth-order valence-corrected chi connectivity index (χ4v) is 5.84. The standard InChI is InChI=1S/C28H32N4O3S2/c1-2-3-10-30-11-13-31(14-12-30)17-20-4-6-21(7-5-20)18-32-23-15-22(8-9-24(23)35-19-26(32)33)16-25-27(34)29-28(36)37-25/h4-9,15-16H,2-3,10-14,17-19H2,1H3,(H,29,34,36). The summed E-state index contributed by atoms with van der Waals surface area (Å²) in [5.41, 5.74) is 3.88. The molecule has 3 aliphatic heterocycles. The van der Waals surface area contributed by atoms with Crippen molar-refractivity contribution < 1.29 is 14.3 Å². The molecule has 2 saturated heterocycles. The zero-order valence-corrected chi connectivity index (χ0v) is 22.7. The number of carbonyl (C=O) groups excluding carboxylic acids is 2. The Balaban J connectivity index is 1.24. The number of fused-ring (bicyclic) bond motifs is 1. The van der Waals surface area contributed by atoms with Crippen LogP contribution in [-0.4, -0.2) is 65.3 Å². The van der Waals surface area contributed by atoms with Gasteiger partial charge >= 0.3 is 0 Å². The molecule has 3 heterocycles. The van der Waals surface area contributed by atoms with Crippen molar-refractivity contribution in [3.63, 3.8) is 0 Å². The van der Waals surface area contributed by atoms with Gasteiger partial charge in [-0.25, -0.2) is 0 Å². The molecule has 194 valence electrons. The van der Waals surface area contributed by atoms with Gasteiger partial charge in [-0.15, -0.1) is 0 Å². The van der Waals surface area contributed by atoms with Gasteiger partial charge in [0.05, 0.1) is 17.1 Å². The van der Waals surface area contributed by atoms with Crippen LogP contribution in [0.25, 0.3) is 6.08 Å². The van der Waals surface area contributed by atoms with Crippen molar-refractivity contribution in [2.45, 2.75) is 32.9 Å². The van der Waals surface area contributed by atoms with Gasteiger partial charge in [0.2, 0.25) is 0 Å². The van der Waals surface area contributed by atoms with E-state index in [-0.39, 0.29) is 18.4 Å². The summed E-state index contributed by atoms with van der Waals surface area (Å²) < 4.78 is 6.12. The summed E-state index contributed by atoms with van der Waals surface area (Å²) in [6, 6.07) is 14.2. The molecule has 0 unspecified atom stereocenters. The van der Waals surface area contributed by atoms with Crippen molar-refractivity contribution in [3.8, 4) is 5.75 Å². The highest BCUT2D eigenvalue weighted by atomic mass is 32.2. The predicted molar refractivity (Wildman–Crippen MR) is 153 cm³/mol. The van der Waals surface area contributed by atoms with Crippen LogP contribution in [0.5, 0.6) is 5.75 Å². The van der Waals surface area contributed by atoms with Gasteiger partial charge in [0.1, 0.15) is 10.1 Å². The fourth-order valence-electron chi connectivity index (χ4n) is 4.80. The SMILES string of the molecule is CCCCN1CCN(Cc2ccc(CN3C(=O)COc4ccc(C=C5SC(=S)NC5=O)cc43)cc2)CC1. The van der Waals surface area contributed by atoms with E-state index in [0.29, 0.717) is 27.2 Å². The monoisotopic (exact) mass is 536 g/mol. The van der Waals surface area contributed by atoms with Crippen LogP contribution in [-0.2, 0) is 22.7 Å². The zero-order chi connectivity index (χ0) is 25.8. The van der Waals surface area contributed by atoms with Crippen LogP contribution in [0.3, 0.4) is 0 Å². The number of thiocarbonyl (C=S) groups is 1. The van der Waals surface area contributed by atoms with Crippen LogP contribution in [0, 0.1) is 0 Å². The third-order valence-corrected chi connectivity index (χ3v) is 8.09. The summed E-state index contributed by atoms with van der Waals surface area (Å²) in [6.45, 7) is 9.39. The van der Waals surface area contributed by atoms with E-state index in [1.807, 2.05) is 18.2 Å². The molecule has 9 heteroatoms. The molecule has 2 aromatic carbocycles. The van der Waals surface area contributed by atoms with Crippen LogP contribution < -0.4 is 15.0 Å². The molecule has 2 fully saturated rings. The minimum Gasteiger partial charge on any atom is -0.482 e. The van der Waals surface area contributed by atoms with Crippen molar-refractivity contribution in [3.05, 3.63) is 64.1 Å². The number of unbranched alkanes of at least 4 members (excludes halogenated alkanes) is 1. The number of rotatable bonds is 8. The molecule has 1 N–H and O–H groups in total. The summed E-state index contributed by atoms with van der Waals surface area (Å²) in [7, 11) is 0. The molecule has 0 atom stereocenters. The van der Waals surface area contributed by atoms with Crippen LogP contribution in [0.4, 0.5) is 5.69 Å². The van der Waals surface area contributed by atoms with E-state index in [0.717, 1.165) is 43.9 Å². The van der Waals surface area contributed by atoms with Crippen molar-refractivity contribution in [1.29, 1.82) is 0 Å². The van der Waals surface area contributed by atoms with Crippen LogP contribution in [0.1, 0.15) is 36.5 Å². The van der Waals surface area contributed by atoms with Gasteiger partial charge in [-0.1, -0.05) is 67.7 Å². The highest BCUT2D eigenvalue weighted by Gasteiger charge is 2.27. The number of thioether (sulfide) groups is 1. The molecule has 2 aromatic rings. The molecule has 7 nitrogen and oxygen atoms in total. The molecule has 2 amide bonds. The number of nitrogens with one attached hydrogen (secondary N) is 1. The largest absolute Gasteiger partial charge is 0.482 e. The Labute approximate surface area is 227 Å². The Morgan fingerprint density at radius 1 is 1.00 bits per heavy atom. The lowest BCUT2D eigenvalue weighted by molar-refractivity contribution is -0.121. The highest BCUT2D eigenvalue weighted by molar-refractivity contribution is 8.26. The molecule has 0 saturated carbocycles. The maximum Gasteiger partial charge on any atom is 0.265 e. The molecule has 0 aliphatic carbocycles. The van der Waals surface area contributed by atoms with Gasteiger partial charge in [0.25, 0.3) is 11.8 Å². The lowest BCUT2D eigenvalue weighted by Crippen LogP contribution is -2.46. The van der Waals surface area contributed by atoms with Gasteiger partial charge in [0.15, 0.2) is 6.61 Å². The van der Waals surface area contributed by atoms with E-state index in [1.165, 1.54) is 36.7 Å². The van der Waals surface area contributed by atoms with Gasteiger partial charge in [-0.3, -0.25) is 14.5 Å². The summed E-state index contributed by atoms with van der Waals surface area (Å²) in [6.07, 6.45) is 4.32. The summed E-state index contributed by atoms with van der Waals surface area (Å²) >= 11 is 6.32. The van der Waals surface area contributed by atoms with E-state index in [4.69, 9.17) is 17.0 Å². The van der Waals surface area contributed by atoms with Crippen molar-refractivity contribution >= 4 is 51.9 Å². The topological polar surface area (TPSA) is 65.1 Å². The molecular weight excluding hydrogens is 504 g/mol. The second-order valence-corrected chi connectivity index (χ2v) is 11.4. The number of anilines is 1. The maximum absolute atomic E-state index is 12.8. The first-order chi connectivity index (χ1) is 18.0. The van der Waals surface area contributed by atoms with Crippen LogP contribution in [0.15, 0.2) is 47.4 Å². The van der Waals surface area contributed by atoms with E-state index in [2.05, 4.69) is 46.3 Å². The number of amides is 2. The minimum atomic E-state index is -0.199. The Hall–Kier alpha value is -2.72. The lowest BCUT2D eigenvalue weighted by Gasteiger charge is -2.34. The molecule has 3 aliphatic rings. The van der Waals surface area contributed by atoms with Gasteiger partial charge < -0.3 is 19.9 Å². The maximum atomic E-state index is 12.8. The first kappa shape index (κ1) is 25.9. The predicted octanol–water partition coefficient (Wildman–Crippen LogP) is 4.02. The number of hydrogen-bond acceptors (Lipinski definition) is 7. The first-order valence-corrected chi connectivity index (χ1v) is 14.1. The number of carbonyl (C=O) groups is 2. The molecule has 0 bridgehead atoms. The van der Waals surface area contributed by atoms with E-state index >= 15 is 0 Å². The average molecular weight is 537 g/mol. The summed E-state index contributed by atoms with van der Waals surface area (Å²) in [5, 5.41) is 2.63. The molecule has 5 rings (SSSR count). The number of hydrogen-bond donors (Lipinski definition) is 1. The van der Waals surface area contributed by atoms with E-state index in [9.17, 15) is 9.59 Å². The second kappa shape index (κ2) is 11.8. The first-order valence-electron chi connectivity index (χ1n) is 12.8. The van der Waals surface area contributed by atoms with Crippen LogP contribution in [0.2, 0.25) is 0 Å². The smallest absolute Gasteiger partial charge is 0.265 e. The summed E-state index contributed by atoms with van der Waals surface area (Å²) in [4.78, 5) is 32.3. The van der Waals surface area contributed by atoms with Crippen molar-refractivity contribution in [2.75, 3.05) is 44.2 Å². The number of nitrogens with zero attached hydrogens (tertiary/aromatic N) is 3. The van der Waals surface area contributed by atoms with Crippen molar-refractivity contribution in [2.24, 2.45) is 0 Å². The normalized spacial score (nSPS) is 19.8. The average Bonchev–Trinajstić information content (AvgIpc) is 3.22. The minimum absolute atomic E-state index is 0.0162. The highest BCUT2D eigenvalue weighted by Crippen LogP contribution is 2.35. The second-order valence-electron chi connectivity index (χ2n) is 9.64. The number of benzene rings is 2.